The van der Waals surface area contributed by atoms with Crippen LogP contribution >= 0.6 is 11.3 Å². The zero-order valence-electron chi connectivity index (χ0n) is 6.13. The number of carbonyl (C=O) groups excluding carboxylic acids is 1. The van der Waals surface area contributed by atoms with E-state index in [9.17, 15) is 4.79 Å². The summed E-state index contributed by atoms with van der Waals surface area (Å²) in [7, 11) is 1.50. The fraction of sp³-hybridized carbons (Fsp3) is 0.286. The molecular weight excluding hydrogens is 146 g/mol. The zero-order chi connectivity index (χ0) is 7.98. The van der Waals surface area contributed by atoms with Gasteiger partial charge < -0.3 is 5.73 Å². The van der Waals surface area contributed by atoms with E-state index in [1.807, 2.05) is 19.1 Å². The molecule has 10 heavy (non-hydrogen) atoms. The summed E-state index contributed by atoms with van der Waals surface area (Å²) in [6.45, 7) is 1.98. The maximum Gasteiger partial charge on any atom is 0.160 e. The minimum atomic E-state index is 0.808. The number of hydrogen-bond acceptors (Lipinski definition) is 3. The van der Waals surface area contributed by atoms with Crippen molar-refractivity contribution in [1.29, 1.82) is 0 Å². The Balaban J connectivity index is 0.000000371. The predicted octanol–water partition coefficient (Wildman–Crippen LogP) is 1.44. The molecule has 0 aromatic carbocycles. The first kappa shape index (κ1) is 9.33. The van der Waals surface area contributed by atoms with Crippen LogP contribution in [0.25, 0.3) is 0 Å². The van der Waals surface area contributed by atoms with E-state index < -0.39 is 0 Å². The van der Waals surface area contributed by atoms with Crippen molar-refractivity contribution in [2.45, 2.75) is 6.92 Å². The van der Waals surface area contributed by atoms with Crippen LogP contribution in [-0.4, -0.2) is 13.3 Å². The van der Waals surface area contributed by atoms with Gasteiger partial charge in [-0.25, -0.2) is 0 Å². The Kier molecular flexibility index (Phi) is 4.80. The topological polar surface area (TPSA) is 43.1 Å². The Hall–Kier alpha value is -0.670. The van der Waals surface area contributed by atoms with E-state index in [-0.39, 0.29) is 0 Å². The van der Waals surface area contributed by atoms with E-state index in [1.54, 1.807) is 0 Å². The molecule has 1 aromatic rings. The summed E-state index contributed by atoms with van der Waals surface area (Å²) < 4.78 is 0. The van der Waals surface area contributed by atoms with Crippen LogP contribution < -0.4 is 5.73 Å². The molecule has 56 valence electrons. The van der Waals surface area contributed by atoms with Gasteiger partial charge in [-0.2, -0.15) is 0 Å². The normalized spacial score (nSPS) is 7.90. The van der Waals surface area contributed by atoms with Gasteiger partial charge in [-0.15, -0.1) is 11.3 Å². The summed E-state index contributed by atoms with van der Waals surface area (Å²) in [5.41, 5.74) is 4.50. The largest absolute Gasteiger partial charge is 0.333 e. The lowest BCUT2D eigenvalue weighted by Crippen LogP contribution is -1.69. The van der Waals surface area contributed by atoms with E-state index in [4.69, 9.17) is 0 Å². The van der Waals surface area contributed by atoms with Gasteiger partial charge in [0.2, 0.25) is 0 Å². The van der Waals surface area contributed by atoms with Gasteiger partial charge in [-0.05, 0) is 26.1 Å². The van der Waals surface area contributed by atoms with Crippen molar-refractivity contribution in [2.75, 3.05) is 7.05 Å². The van der Waals surface area contributed by atoms with Gasteiger partial charge in [-0.1, -0.05) is 0 Å². The minimum Gasteiger partial charge on any atom is -0.333 e. The van der Waals surface area contributed by atoms with Crippen molar-refractivity contribution >= 4 is 17.6 Å². The molecule has 0 unspecified atom stereocenters. The Morgan fingerprint density at radius 3 is 2.30 bits per heavy atom. The van der Waals surface area contributed by atoms with Crippen LogP contribution in [0.4, 0.5) is 0 Å². The molecule has 0 atom stereocenters. The van der Waals surface area contributed by atoms with E-state index in [1.165, 1.54) is 23.3 Å². The van der Waals surface area contributed by atoms with E-state index in [2.05, 4.69) is 5.73 Å². The van der Waals surface area contributed by atoms with Crippen LogP contribution in [0.5, 0.6) is 0 Å². The molecule has 0 amide bonds. The van der Waals surface area contributed by atoms with Gasteiger partial charge in [-0.3, -0.25) is 4.79 Å². The quantitative estimate of drug-likeness (QED) is 0.627. The van der Waals surface area contributed by atoms with Gasteiger partial charge in [0, 0.05) is 4.88 Å². The fourth-order valence-electron chi connectivity index (χ4n) is 0.517. The van der Waals surface area contributed by atoms with Crippen LogP contribution in [0, 0.1) is 6.92 Å². The molecular formula is C7H11NOS. The SMILES string of the molecule is CN.Cc1ccc(C=O)s1. The lowest BCUT2D eigenvalue weighted by atomic mass is 10.5. The molecule has 0 fully saturated rings. The van der Waals surface area contributed by atoms with Crippen LogP contribution in [0.1, 0.15) is 14.5 Å². The summed E-state index contributed by atoms with van der Waals surface area (Å²) in [6, 6.07) is 3.77. The molecule has 0 aliphatic heterocycles. The third-order valence-corrected chi connectivity index (χ3v) is 1.80. The number of rotatable bonds is 1. The maximum absolute atomic E-state index is 10.0. The minimum absolute atomic E-state index is 0.808. The first-order chi connectivity index (χ1) is 4.83. The smallest absolute Gasteiger partial charge is 0.160 e. The summed E-state index contributed by atoms with van der Waals surface area (Å²) in [5, 5.41) is 0. The van der Waals surface area contributed by atoms with Crippen molar-refractivity contribution in [1.82, 2.24) is 0 Å². The maximum atomic E-state index is 10.0. The van der Waals surface area contributed by atoms with Crippen molar-refractivity contribution in [3.63, 3.8) is 0 Å². The number of nitrogens with two attached hydrogens (primary N) is 1. The number of aryl methyl sites for hydroxylation is 1. The van der Waals surface area contributed by atoms with Gasteiger partial charge in [0.05, 0.1) is 4.88 Å². The standard InChI is InChI=1S/C6H6OS.CH5N/c1-5-2-3-6(4-7)8-5;1-2/h2-4H,1H3;2H2,1H3. The Labute approximate surface area is 64.7 Å². The molecule has 0 bridgehead atoms. The molecule has 0 aliphatic rings. The Morgan fingerprint density at radius 2 is 2.10 bits per heavy atom. The fourth-order valence-corrected chi connectivity index (χ4v) is 1.21. The Morgan fingerprint density at radius 1 is 1.50 bits per heavy atom. The molecule has 0 aliphatic carbocycles. The number of hydrogen-bond donors (Lipinski definition) is 1. The van der Waals surface area contributed by atoms with Crippen LogP contribution in [0.2, 0.25) is 0 Å². The molecule has 2 N–H and O–H groups in total. The van der Waals surface area contributed by atoms with Crippen LogP contribution in [0.3, 0.4) is 0 Å². The Bertz CT molecular complexity index is 195. The molecule has 0 saturated carbocycles. The van der Waals surface area contributed by atoms with E-state index >= 15 is 0 Å². The summed E-state index contributed by atoms with van der Waals surface area (Å²) >= 11 is 1.52. The number of aldehydes is 1. The average molecular weight is 157 g/mol. The summed E-state index contributed by atoms with van der Waals surface area (Å²) in [6.07, 6.45) is 0.873. The molecule has 1 heterocycles. The first-order valence-corrected chi connectivity index (χ1v) is 3.74. The first-order valence-electron chi connectivity index (χ1n) is 2.92. The van der Waals surface area contributed by atoms with E-state index in [0.29, 0.717) is 0 Å². The highest BCUT2D eigenvalue weighted by Gasteiger charge is 1.90. The van der Waals surface area contributed by atoms with Crippen molar-refractivity contribution in [3.8, 4) is 0 Å². The second-order valence-corrected chi connectivity index (χ2v) is 2.89. The molecule has 1 aromatic heterocycles. The third kappa shape index (κ3) is 2.75. The van der Waals surface area contributed by atoms with Crippen molar-refractivity contribution in [3.05, 3.63) is 21.9 Å². The lowest BCUT2D eigenvalue weighted by molar-refractivity contribution is 0.112. The molecule has 0 saturated heterocycles. The summed E-state index contributed by atoms with van der Waals surface area (Å²) in [5.74, 6) is 0. The number of carbonyl (C=O) groups is 1. The van der Waals surface area contributed by atoms with Gasteiger partial charge >= 0.3 is 0 Å². The second kappa shape index (κ2) is 5.14. The van der Waals surface area contributed by atoms with Crippen LogP contribution in [0.15, 0.2) is 12.1 Å². The highest BCUT2D eigenvalue weighted by Crippen LogP contribution is 2.11. The lowest BCUT2D eigenvalue weighted by Gasteiger charge is -1.71. The monoisotopic (exact) mass is 157 g/mol. The zero-order valence-corrected chi connectivity index (χ0v) is 6.94. The predicted molar refractivity (Wildman–Crippen MR) is 44.6 cm³/mol. The summed E-state index contributed by atoms with van der Waals surface area (Å²) in [4.78, 5) is 12.0. The van der Waals surface area contributed by atoms with Gasteiger partial charge in [0.1, 0.15) is 0 Å². The highest BCUT2D eigenvalue weighted by atomic mass is 32.1. The molecule has 0 spiro atoms. The molecule has 1 rings (SSSR count). The highest BCUT2D eigenvalue weighted by molar-refractivity contribution is 7.13. The van der Waals surface area contributed by atoms with Gasteiger partial charge in [0.25, 0.3) is 0 Å². The van der Waals surface area contributed by atoms with Gasteiger partial charge in [0.15, 0.2) is 6.29 Å². The molecule has 3 heteroatoms. The molecule has 2 nitrogen and oxygen atoms in total. The van der Waals surface area contributed by atoms with Crippen molar-refractivity contribution < 1.29 is 4.79 Å². The third-order valence-electron chi connectivity index (χ3n) is 0.877. The van der Waals surface area contributed by atoms with E-state index in [0.717, 1.165) is 11.2 Å². The molecule has 0 radical (unpaired) electrons. The second-order valence-electron chi connectivity index (χ2n) is 1.57. The van der Waals surface area contributed by atoms with Crippen molar-refractivity contribution in [2.24, 2.45) is 5.73 Å². The number of thiophene rings is 1. The van der Waals surface area contributed by atoms with Crippen LogP contribution in [-0.2, 0) is 0 Å². The average Bonchev–Trinajstić information content (AvgIpc) is 2.40.